The molecule has 0 spiro atoms. The monoisotopic (exact) mass is 401 g/mol. The van der Waals surface area contributed by atoms with E-state index >= 15 is 0 Å². The highest BCUT2D eigenvalue weighted by molar-refractivity contribution is 6.31. The van der Waals surface area contributed by atoms with Crippen molar-refractivity contribution in [3.63, 3.8) is 0 Å². The lowest BCUT2D eigenvalue weighted by Crippen LogP contribution is -2.43. The van der Waals surface area contributed by atoms with E-state index in [0.29, 0.717) is 12.2 Å². The number of alkyl halides is 3. The van der Waals surface area contributed by atoms with E-state index in [1.165, 1.54) is 0 Å². The first kappa shape index (κ1) is 21.8. The summed E-state index contributed by atoms with van der Waals surface area (Å²) in [5, 5.41) is 5.81. The van der Waals surface area contributed by atoms with Crippen LogP contribution in [0.25, 0.3) is 0 Å². The van der Waals surface area contributed by atoms with E-state index in [0.717, 1.165) is 25.5 Å². The predicted octanol–water partition coefficient (Wildman–Crippen LogP) is 3.06. The number of aromatic nitrogens is 1. The minimum atomic E-state index is -4.50. The standard InChI is InChI=1S/C15H19ClF3N3O2.ClH/c1-9-6-10(2-3-20-9)13(23)21-4-5-24-14-12(16)7-11(8-22-14)15(17,18)19;/h7-10,20H,2-6H2,1H3,(H,21,23);1H/t9-,10-;/m0./s1. The molecule has 1 aliphatic rings. The van der Waals surface area contributed by atoms with Crippen LogP contribution in [0.3, 0.4) is 0 Å². The smallest absolute Gasteiger partial charge is 0.417 e. The molecule has 2 N–H and O–H groups in total. The lowest BCUT2D eigenvalue weighted by atomic mass is 9.92. The molecule has 25 heavy (non-hydrogen) atoms. The third-order valence-electron chi connectivity index (χ3n) is 3.77. The SMILES string of the molecule is C[C@H]1C[C@@H](C(=O)NCCOc2ncc(C(F)(F)F)cc2Cl)CCN1.Cl. The molecule has 1 aromatic heterocycles. The second-order valence-electron chi connectivity index (χ2n) is 5.72. The molecule has 10 heteroatoms. The number of nitrogens with zero attached hydrogens (tertiary/aromatic N) is 1. The number of hydrogen-bond acceptors (Lipinski definition) is 4. The number of pyridine rings is 1. The highest BCUT2D eigenvalue weighted by Crippen LogP contribution is 2.33. The van der Waals surface area contributed by atoms with Gasteiger partial charge in [-0.25, -0.2) is 4.98 Å². The molecular formula is C15H20Cl2F3N3O2. The second-order valence-corrected chi connectivity index (χ2v) is 6.13. The van der Waals surface area contributed by atoms with Crippen molar-refractivity contribution < 1.29 is 22.7 Å². The molecule has 0 aliphatic carbocycles. The van der Waals surface area contributed by atoms with E-state index in [9.17, 15) is 18.0 Å². The van der Waals surface area contributed by atoms with Gasteiger partial charge in [-0.1, -0.05) is 11.6 Å². The Labute approximate surface area is 155 Å². The number of carbonyl (C=O) groups is 1. The third-order valence-corrected chi connectivity index (χ3v) is 4.04. The zero-order valence-electron chi connectivity index (χ0n) is 13.5. The van der Waals surface area contributed by atoms with Gasteiger partial charge in [0.25, 0.3) is 0 Å². The number of ether oxygens (including phenoxy) is 1. The quantitative estimate of drug-likeness (QED) is 0.744. The summed E-state index contributed by atoms with van der Waals surface area (Å²) < 4.78 is 42.7. The number of nitrogens with one attached hydrogen (secondary N) is 2. The van der Waals surface area contributed by atoms with E-state index in [1.54, 1.807) is 0 Å². The van der Waals surface area contributed by atoms with Crippen molar-refractivity contribution in [1.29, 1.82) is 0 Å². The van der Waals surface area contributed by atoms with Gasteiger partial charge in [0.15, 0.2) is 0 Å². The molecule has 1 aromatic rings. The fourth-order valence-electron chi connectivity index (χ4n) is 2.52. The van der Waals surface area contributed by atoms with Crippen LogP contribution in [0.5, 0.6) is 5.88 Å². The van der Waals surface area contributed by atoms with Crippen molar-refractivity contribution in [3.8, 4) is 5.88 Å². The summed E-state index contributed by atoms with van der Waals surface area (Å²) in [6.45, 7) is 3.14. The summed E-state index contributed by atoms with van der Waals surface area (Å²) in [6, 6.07) is 1.07. The number of halogens is 5. The Morgan fingerprint density at radius 2 is 2.24 bits per heavy atom. The Bertz CT molecular complexity index is 588. The van der Waals surface area contributed by atoms with Gasteiger partial charge >= 0.3 is 6.18 Å². The van der Waals surface area contributed by atoms with Crippen molar-refractivity contribution >= 4 is 29.9 Å². The first-order valence-corrected chi connectivity index (χ1v) is 8.02. The molecule has 0 unspecified atom stereocenters. The Morgan fingerprint density at radius 3 is 2.84 bits per heavy atom. The van der Waals surface area contributed by atoms with E-state index in [2.05, 4.69) is 15.6 Å². The second kappa shape index (κ2) is 9.45. The maximum absolute atomic E-state index is 12.5. The van der Waals surface area contributed by atoms with Crippen LogP contribution in [0.15, 0.2) is 12.3 Å². The zero-order chi connectivity index (χ0) is 17.7. The van der Waals surface area contributed by atoms with Crippen LogP contribution in [0, 0.1) is 5.92 Å². The summed E-state index contributed by atoms with van der Waals surface area (Å²) in [4.78, 5) is 15.6. The molecule has 0 aromatic carbocycles. The maximum atomic E-state index is 12.5. The number of rotatable bonds is 5. The molecule has 142 valence electrons. The maximum Gasteiger partial charge on any atom is 0.417 e. The minimum Gasteiger partial charge on any atom is -0.475 e. The summed E-state index contributed by atoms with van der Waals surface area (Å²) in [7, 11) is 0. The molecule has 0 bridgehead atoms. The van der Waals surface area contributed by atoms with Gasteiger partial charge < -0.3 is 15.4 Å². The Kier molecular flexibility index (Phi) is 8.24. The Balaban J connectivity index is 0.00000312. The fraction of sp³-hybridized carbons (Fsp3) is 0.600. The molecule has 0 saturated carbocycles. The van der Waals surface area contributed by atoms with E-state index < -0.39 is 11.7 Å². The van der Waals surface area contributed by atoms with Crippen LogP contribution in [0.2, 0.25) is 5.02 Å². The molecule has 1 fully saturated rings. The third kappa shape index (κ3) is 6.52. The highest BCUT2D eigenvalue weighted by Gasteiger charge is 2.31. The van der Waals surface area contributed by atoms with Crippen molar-refractivity contribution in [2.45, 2.75) is 32.0 Å². The summed E-state index contributed by atoms with van der Waals surface area (Å²) >= 11 is 5.73. The normalized spacial score (nSPS) is 20.5. The fourth-order valence-corrected chi connectivity index (χ4v) is 2.74. The van der Waals surface area contributed by atoms with Gasteiger partial charge in [0.2, 0.25) is 11.8 Å². The van der Waals surface area contributed by atoms with Crippen LogP contribution in [-0.4, -0.2) is 36.6 Å². The van der Waals surface area contributed by atoms with Crippen molar-refractivity contribution in [3.05, 3.63) is 22.8 Å². The minimum absolute atomic E-state index is 0. The van der Waals surface area contributed by atoms with Gasteiger partial charge in [0.1, 0.15) is 11.6 Å². The Morgan fingerprint density at radius 1 is 1.52 bits per heavy atom. The number of piperidine rings is 1. The van der Waals surface area contributed by atoms with Crippen LogP contribution in [0.4, 0.5) is 13.2 Å². The lowest BCUT2D eigenvalue weighted by molar-refractivity contribution is -0.137. The van der Waals surface area contributed by atoms with Gasteiger partial charge in [0, 0.05) is 18.2 Å². The molecule has 1 amide bonds. The molecule has 1 aliphatic heterocycles. The number of hydrogen-bond donors (Lipinski definition) is 2. The van der Waals surface area contributed by atoms with Crippen molar-refractivity contribution in [2.24, 2.45) is 5.92 Å². The van der Waals surface area contributed by atoms with Crippen LogP contribution in [0.1, 0.15) is 25.3 Å². The Hall–Kier alpha value is -1.25. The van der Waals surface area contributed by atoms with Gasteiger partial charge in [-0.3, -0.25) is 4.79 Å². The van der Waals surface area contributed by atoms with Crippen LogP contribution in [-0.2, 0) is 11.0 Å². The number of carbonyl (C=O) groups excluding carboxylic acids is 1. The largest absolute Gasteiger partial charge is 0.475 e. The average Bonchev–Trinajstić information content (AvgIpc) is 2.51. The molecule has 2 rings (SSSR count). The highest BCUT2D eigenvalue weighted by atomic mass is 35.5. The van der Waals surface area contributed by atoms with Crippen molar-refractivity contribution in [2.75, 3.05) is 19.7 Å². The zero-order valence-corrected chi connectivity index (χ0v) is 15.1. The molecule has 2 heterocycles. The van der Waals surface area contributed by atoms with Gasteiger partial charge in [-0.05, 0) is 32.4 Å². The van der Waals surface area contributed by atoms with E-state index in [-0.39, 0.29) is 48.3 Å². The summed E-state index contributed by atoms with van der Waals surface area (Å²) in [6.07, 6.45) is -2.28. The molecule has 0 radical (unpaired) electrons. The average molecular weight is 402 g/mol. The van der Waals surface area contributed by atoms with Crippen molar-refractivity contribution in [1.82, 2.24) is 15.6 Å². The molecule has 1 saturated heterocycles. The summed E-state index contributed by atoms with van der Waals surface area (Å²) in [5.74, 6) is -0.165. The molecule has 2 atom stereocenters. The number of amides is 1. The van der Waals surface area contributed by atoms with E-state index in [1.807, 2.05) is 6.92 Å². The molecule has 5 nitrogen and oxygen atoms in total. The van der Waals surface area contributed by atoms with Gasteiger partial charge in [0.05, 0.1) is 12.1 Å². The topological polar surface area (TPSA) is 63.2 Å². The first-order valence-electron chi connectivity index (χ1n) is 7.64. The van der Waals surface area contributed by atoms with Crippen LogP contribution >= 0.6 is 24.0 Å². The summed E-state index contributed by atoms with van der Waals surface area (Å²) in [5.41, 5.74) is -0.937. The van der Waals surface area contributed by atoms with Gasteiger partial charge in [-0.2, -0.15) is 13.2 Å². The van der Waals surface area contributed by atoms with Crippen LogP contribution < -0.4 is 15.4 Å². The lowest BCUT2D eigenvalue weighted by Gasteiger charge is -2.27. The van der Waals surface area contributed by atoms with E-state index in [4.69, 9.17) is 16.3 Å². The molecular weight excluding hydrogens is 382 g/mol. The van der Waals surface area contributed by atoms with Gasteiger partial charge in [-0.15, -0.1) is 12.4 Å². The first-order chi connectivity index (χ1) is 11.3. The predicted molar refractivity (Wildman–Crippen MR) is 90.2 cm³/mol.